The lowest BCUT2D eigenvalue weighted by molar-refractivity contribution is -0.143. The molecule has 0 radical (unpaired) electrons. The van der Waals surface area contributed by atoms with Crippen molar-refractivity contribution in [3.63, 3.8) is 0 Å². The first-order chi connectivity index (χ1) is 17.7. The molecule has 0 unspecified atom stereocenters. The second-order valence-electron chi connectivity index (χ2n) is 9.55. The van der Waals surface area contributed by atoms with E-state index in [0.29, 0.717) is 31.4 Å². The molecule has 2 aromatic heterocycles. The van der Waals surface area contributed by atoms with Gasteiger partial charge in [-0.3, -0.25) is 9.36 Å². The van der Waals surface area contributed by atoms with Crippen LogP contribution in [0.2, 0.25) is 5.02 Å². The predicted molar refractivity (Wildman–Crippen MR) is 145 cm³/mol. The molecule has 37 heavy (non-hydrogen) atoms. The summed E-state index contributed by atoms with van der Waals surface area (Å²) < 4.78 is 13.7. The van der Waals surface area contributed by atoms with Gasteiger partial charge in [0.1, 0.15) is 5.76 Å². The molecule has 1 aromatic carbocycles. The van der Waals surface area contributed by atoms with Gasteiger partial charge in [-0.15, -0.1) is 0 Å². The number of nitrogens with zero attached hydrogens (tertiary/aromatic N) is 4. The Morgan fingerprint density at radius 2 is 1.86 bits per heavy atom. The fourth-order valence-electron chi connectivity index (χ4n) is 4.57. The summed E-state index contributed by atoms with van der Waals surface area (Å²) in [4.78, 5) is 36.5. The van der Waals surface area contributed by atoms with Gasteiger partial charge in [0, 0.05) is 43.3 Å². The number of hydrogen-bond donors (Lipinski definition) is 0. The van der Waals surface area contributed by atoms with Gasteiger partial charge in [-0.25, -0.2) is 9.79 Å². The average Bonchev–Trinajstić information content (AvgIpc) is 3.43. The van der Waals surface area contributed by atoms with Gasteiger partial charge in [0.25, 0.3) is 5.56 Å². The SMILES string of the molecule is CC1=C(C(=O)OC(C)C)[C@@H](c2ccc(Cl)cc2)n2c(s/c(=C/c3ccc(N4CCN(C)CC4)o3)c2=O)=N1. The molecule has 0 bridgehead atoms. The summed E-state index contributed by atoms with van der Waals surface area (Å²) in [5.74, 6) is 0.895. The second-order valence-corrected chi connectivity index (χ2v) is 11.0. The first kappa shape index (κ1) is 25.5. The van der Waals surface area contributed by atoms with Gasteiger partial charge in [0.15, 0.2) is 10.7 Å². The van der Waals surface area contributed by atoms with Crippen LogP contribution >= 0.6 is 22.9 Å². The molecule has 0 aliphatic carbocycles. The van der Waals surface area contributed by atoms with Crippen molar-refractivity contribution in [3.05, 3.63) is 83.7 Å². The lowest BCUT2D eigenvalue weighted by Crippen LogP contribution is -2.44. The van der Waals surface area contributed by atoms with Crippen LogP contribution in [0.15, 0.2) is 61.9 Å². The second kappa shape index (κ2) is 10.3. The van der Waals surface area contributed by atoms with E-state index in [1.165, 1.54) is 11.3 Å². The van der Waals surface area contributed by atoms with E-state index in [2.05, 4.69) is 21.8 Å². The molecule has 0 amide bonds. The lowest BCUT2D eigenvalue weighted by atomic mass is 9.96. The normalized spacial score (nSPS) is 18.8. The third kappa shape index (κ3) is 5.16. The molecule has 4 heterocycles. The van der Waals surface area contributed by atoms with E-state index in [1.807, 2.05) is 24.3 Å². The van der Waals surface area contributed by atoms with Crippen molar-refractivity contribution in [2.24, 2.45) is 4.99 Å². The molecule has 2 aliphatic heterocycles. The van der Waals surface area contributed by atoms with Crippen LogP contribution in [0.25, 0.3) is 6.08 Å². The number of ether oxygens (including phenoxy) is 1. The number of anilines is 1. The Balaban J connectivity index is 1.58. The topological polar surface area (TPSA) is 80.3 Å². The van der Waals surface area contributed by atoms with Gasteiger partial charge in [-0.1, -0.05) is 35.1 Å². The first-order valence-electron chi connectivity index (χ1n) is 12.2. The summed E-state index contributed by atoms with van der Waals surface area (Å²) in [6.45, 7) is 9.08. The summed E-state index contributed by atoms with van der Waals surface area (Å²) in [5, 5.41) is 0.567. The van der Waals surface area contributed by atoms with Crippen molar-refractivity contribution in [1.29, 1.82) is 0 Å². The highest BCUT2D eigenvalue weighted by atomic mass is 35.5. The third-order valence-electron chi connectivity index (χ3n) is 6.47. The van der Waals surface area contributed by atoms with Crippen molar-refractivity contribution in [2.45, 2.75) is 32.9 Å². The number of furan rings is 1. The smallest absolute Gasteiger partial charge is 0.338 e. The van der Waals surface area contributed by atoms with E-state index in [-0.39, 0.29) is 11.7 Å². The molecule has 0 spiro atoms. The fraction of sp³-hybridized carbons (Fsp3) is 0.370. The van der Waals surface area contributed by atoms with Crippen molar-refractivity contribution in [2.75, 3.05) is 38.1 Å². The van der Waals surface area contributed by atoms with Gasteiger partial charge in [-0.2, -0.15) is 0 Å². The van der Waals surface area contributed by atoms with Gasteiger partial charge in [0.05, 0.1) is 27.9 Å². The van der Waals surface area contributed by atoms with Gasteiger partial charge in [-0.05, 0) is 51.6 Å². The number of benzene rings is 1. The summed E-state index contributed by atoms with van der Waals surface area (Å²) in [6.07, 6.45) is 1.44. The quantitative estimate of drug-likeness (QED) is 0.462. The molecule has 1 fully saturated rings. The average molecular weight is 541 g/mol. The number of likely N-dealkylation sites (N-methyl/N-ethyl adjacent to an activating group) is 1. The van der Waals surface area contributed by atoms with Crippen LogP contribution in [-0.4, -0.2) is 54.8 Å². The summed E-state index contributed by atoms with van der Waals surface area (Å²) in [7, 11) is 2.11. The summed E-state index contributed by atoms with van der Waals surface area (Å²) in [6, 6.07) is 10.3. The number of carbonyl (C=O) groups is 1. The van der Waals surface area contributed by atoms with E-state index >= 15 is 0 Å². The van der Waals surface area contributed by atoms with Crippen molar-refractivity contribution in [3.8, 4) is 0 Å². The number of fused-ring (bicyclic) bond motifs is 1. The molecule has 8 nitrogen and oxygen atoms in total. The molecule has 2 aliphatic rings. The Hall–Kier alpha value is -3.14. The number of esters is 1. The van der Waals surface area contributed by atoms with E-state index in [9.17, 15) is 9.59 Å². The molecule has 1 atom stereocenters. The Bertz CT molecular complexity index is 1530. The van der Waals surface area contributed by atoms with E-state index in [1.54, 1.807) is 43.5 Å². The number of thiazole rings is 1. The Kier molecular flexibility index (Phi) is 7.11. The molecule has 3 aromatic rings. The highest BCUT2D eigenvalue weighted by molar-refractivity contribution is 7.07. The zero-order valence-corrected chi connectivity index (χ0v) is 22.8. The molecule has 5 rings (SSSR count). The van der Waals surface area contributed by atoms with Crippen LogP contribution in [-0.2, 0) is 9.53 Å². The molecule has 0 N–H and O–H groups in total. The highest BCUT2D eigenvalue weighted by Crippen LogP contribution is 2.31. The van der Waals surface area contributed by atoms with Gasteiger partial charge in [0.2, 0.25) is 0 Å². The van der Waals surface area contributed by atoms with Crippen LogP contribution in [0, 0.1) is 0 Å². The van der Waals surface area contributed by atoms with Gasteiger partial charge >= 0.3 is 5.97 Å². The minimum Gasteiger partial charge on any atom is -0.459 e. The van der Waals surface area contributed by atoms with Crippen LogP contribution in [0.4, 0.5) is 5.88 Å². The van der Waals surface area contributed by atoms with Crippen LogP contribution < -0.4 is 19.8 Å². The number of aromatic nitrogens is 1. The van der Waals surface area contributed by atoms with Crippen LogP contribution in [0.3, 0.4) is 0 Å². The first-order valence-corrected chi connectivity index (χ1v) is 13.4. The van der Waals surface area contributed by atoms with E-state index < -0.39 is 12.0 Å². The maximum Gasteiger partial charge on any atom is 0.338 e. The molecule has 1 saturated heterocycles. The standard InChI is InChI=1S/C27H29ClN4O4S/c1-16(2)35-26(34)23-17(3)29-27-32(24(23)18-5-7-19(28)8-6-18)25(33)21(37-27)15-20-9-10-22(36-20)31-13-11-30(4)12-14-31/h5-10,15-16,24H,11-14H2,1-4H3/b21-15+/t24-/m1/s1. The van der Waals surface area contributed by atoms with Crippen molar-refractivity contribution >= 4 is 40.9 Å². The Morgan fingerprint density at radius 1 is 1.16 bits per heavy atom. The fourth-order valence-corrected chi connectivity index (χ4v) is 5.72. The maximum atomic E-state index is 13.7. The highest BCUT2D eigenvalue weighted by Gasteiger charge is 2.33. The van der Waals surface area contributed by atoms with E-state index in [4.69, 9.17) is 20.8 Å². The minimum absolute atomic E-state index is 0.247. The Morgan fingerprint density at radius 3 is 2.54 bits per heavy atom. The Labute approximate surface area is 223 Å². The lowest BCUT2D eigenvalue weighted by Gasteiger charge is -2.32. The number of allylic oxidation sites excluding steroid dienone is 1. The number of halogens is 1. The van der Waals surface area contributed by atoms with Gasteiger partial charge < -0.3 is 19.0 Å². The molecule has 194 valence electrons. The predicted octanol–water partition coefficient (Wildman–Crippen LogP) is 3.19. The molecular formula is C27H29ClN4O4S. The number of rotatable bonds is 5. The van der Waals surface area contributed by atoms with Crippen molar-refractivity contribution < 1.29 is 13.9 Å². The molecule has 10 heteroatoms. The number of hydrogen-bond acceptors (Lipinski definition) is 8. The molecule has 0 saturated carbocycles. The zero-order valence-electron chi connectivity index (χ0n) is 21.2. The molecular weight excluding hydrogens is 512 g/mol. The maximum absolute atomic E-state index is 13.7. The monoisotopic (exact) mass is 540 g/mol. The van der Waals surface area contributed by atoms with Crippen LogP contribution in [0.1, 0.15) is 38.1 Å². The third-order valence-corrected chi connectivity index (χ3v) is 7.71. The van der Waals surface area contributed by atoms with Crippen molar-refractivity contribution in [1.82, 2.24) is 9.47 Å². The largest absolute Gasteiger partial charge is 0.459 e. The minimum atomic E-state index is -0.681. The summed E-state index contributed by atoms with van der Waals surface area (Å²) in [5.41, 5.74) is 1.36. The number of piperazine rings is 1. The van der Waals surface area contributed by atoms with Crippen LogP contribution in [0.5, 0.6) is 0 Å². The number of carbonyl (C=O) groups excluding carboxylic acids is 1. The van der Waals surface area contributed by atoms with E-state index in [0.717, 1.165) is 37.6 Å². The summed E-state index contributed by atoms with van der Waals surface area (Å²) >= 11 is 7.40. The zero-order chi connectivity index (χ0) is 26.3.